The van der Waals surface area contributed by atoms with Crippen LogP contribution in [0.15, 0.2) is 18.5 Å². The number of hydrogen-bond acceptors (Lipinski definition) is 4. The number of urea groups is 1. The molecule has 0 atom stereocenters. The van der Waals surface area contributed by atoms with Crippen LogP contribution in [0.1, 0.15) is 11.1 Å². The molecule has 1 aliphatic rings. The highest BCUT2D eigenvalue weighted by Gasteiger charge is 2.21. The van der Waals surface area contributed by atoms with Crippen LogP contribution < -0.4 is 5.32 Å². The van der Waals surface area contributed by atoms with Crippen molar-refractivity contribution in [2.45, 2.75) is 13.5 Å². The van der Waals surface area contributed by atoms with Gasteiger partial charge in [-0.1, -0.05) is 0 Å². The van der Waals surface area contributed by atoms with Gasteiger partial charge >= 0.3 is 12.0 Å². The van der Waals surface area contributed by atoms with Gasteiger partial charge in [-0.15, -0.1) is 0 Å². The number of nitrogens with one attached hydrogen (secondary N) is 1. The number of pyridine rings is 1. The topological polar surface area (TPSA) is 85.8 Å². The summed E-state index contributed by atoms with van der Waals surface area (Å²) in [7, 11) is 0. The Morgan fingerprint density at radius 1 is 1.33 bits per heavy atom. The van der Waals surface area contributed by atoms with E-state index in [0.717, 1.165) is 11.1 Å². The summed E-state index contributed by atoms with van der Waals surface area (Å²) >= 11 is 0. The molecule has 2 rings (SSSR count). The molecule has 0 bridgehead atoms. The van der Waals surface area contributed by atoms with Gasteiger partial charge in [0.1, 0.15) is 0 Å². The van der Waals surface area contributed by atoms with Gasteiger partial charge in [0.15, 0.2) is 0 Å². The van der Waals surface area contributed by atoms with Crippen molar-refractivity contribution in [3.63, 3.8) is 0 Å². The maximum absolute atomic E-state index is 12.1. The Labute approximate surface area is 123 Å². The SMILES string of the molecule is Cc1cnccc1CNC(=O)N1CCN(CC(=O)O)CC1. The predicted molar refractivity (Wildman–Crippen MR) is 76.9 cm³/mol. The number of carbonyl (C=O) groups excluding carboxylic acids is 1. The lowest BCUT2D eigenvalue weighted by Gasteiger charge is -2.33. The van der Waals surface area contributed by atoms with E-state index in [0.29, 0.717) is 32.7 Å². The van der Waals surface area contributed by atoms with E-state index >= 15 is 0 Å². The smallest absolute Gasteiger partial charge is 0.317 e. The van der Waals surface area contributed by atoms with Gasteiger partial charge in [-0.3, -0.25) is 14.7 Å². The van der Waals surface area contributed by atoms with Gasteiger partial charge < -0.3 is 15.3 Å². The number of nitrogens with zero attached hydrogens (tertiary/aromatic N) is 3. The van der Waals surface area contributed by atoms with Gasteiger partial charge in [0.05, 0.1) is 6.54 Å². The van der Waals surface area contributed by atoms with E-state index in [9.17, 15) is 9.59 Å². The summed E-state index contributed by atoms with van der Waals surface area (Å²) < 4.78 is 0. The number of piperazine rings is 1. The zero-order valence-electron chi connectivity index (χ0n) is 12.1. The van der Waals surface area contributed by atoms with Gasteiger partial charge in [0.2, 0.25) is 0 Å². The molecule has 0 aromatic carbocycles. The number of amides is 2. The molecule has 0 aliphatic carbocycles. The lowest BCUT2D eigenvalue weighted by molar-refractivity contribution is -0.138. The molecule has 2 amide bonds. The van der Waals surface area contributed by atoms with Crippen molar-refractivity contribution in [2.75, 3.05) is 32.7 Å². The van der Waals surface area contributed by atoms with E-state index in [-0.39, 0.29) is 12.6 Å². The van der Waals surface area contributed by atoms with Gasteiger partial charge in [-0.2, -0.15) is 0 Å². The summed E-state index contributed by atoms with van der Waals surface area (Å²) in [5, 5.41) is 11.6. The first kappa shape index (κ1) is 15.2. The van der Waals surface area contributed by atoms with Crippen molar-refractivity contribution in [2.24, 2.45) is 0 Å². The van der Waals surface area contributed by atoms with E-state index in [1.807, 2.05) is 17.9 Å². The van der Waals surface area contributed by atoms with Crippen molar-refractivity contribution >= 4 is 12.0 Å². The van der Waals surface area contributed by atoms with Crippen LogP contribution >= 0.6 is 0 Å². The molecule has 0 saturated carbocycles. The van der Waals surface area contributed by atoms with Gasteiger partial charge in [0, 0.05) is 45.1 Å². The fraction of sp³-hybridized carbons (Fsp3) is 0.500. The second-order valence-corrected chi connectivity index (χ2v) is 5.12. The van der Waals surface area contributed by atoms with Crippen molar-refractivity contribution < 1.29 is 14.7 Å². The maximum Gasteiger partial charge on any atom is 0.317 e. The number of aliphatic carboxylic acids is 1. The van der Waals surface area contributed by atoms with Gasteiger partial charge in [-0.25, -0.2) is 4.79 Å². The van der Waals surface area contributed by atoms with Crippen LogP contribution in [0.5, 0.6) is 0 Å². The van der Waals surface area contributed by atoms with Crippen LogP contribution in [-0.2, 0) is 11.3 Å². The maximum atomic E-state index is 12.1. The van der Waals surface area contributed by atoms with Crippen LogP contribution in [0.2, 0.25) is 0 Å². The number of carbonyl (C=O) groups is 2. The number of aromatic nitrogens is 1. The van der Waals surface area contributed by atoms with Crippen molar-refractivity contribution in [3.05, 3.63) is 29.6 Å². The highest BCUT2D eigenvalue weighted by atomic mass is 16.4. The number of hydrogen-bond donors (Lipinski definition) is 2. The summed E-state index contributed by atoms with van der Waals surface area (Å²) in [5.74, 6) is -0.832. The highest BCUT2D eigenvalue weighted by Crippen LogP contribution is 2.06. The Bertz CT molecular complexity index is 513. The van der Waals surface area contributed by atoms with Gasteiger partial charge in [0.25, 0.3) is 0 Å². The summed E-state index contributed by atoms with van der Waals surface area (Å²) in [6.45, 7) is 4.75. The second-order valence-electron chi connectivity index (χ2n) is 5.12. The molecule has 1 aromatic heterocycles. The minimum atomic E-state index is -0.832. The number of carboxylic acids is 1. The number of carboxylic acid groups (broad SMARTS) is 1. The normalized spacial score (nSPS) is 15.8. The summed E-state index contributed by atoms with van der Waals surface area (Å²) in [5.41, 5.74) is 2.09. The van der Waals surface area contributed by atoms with Crippen molar-refractivity contribution in [1.82, 2.24) is 20.1 Å². The Morgan fingerprint density at radius 3 is 2.67 bits per heavy atom. The molecule has 1 aromatic rings. The zero-order valence-corrected chi connectivity index (χ0v) is 12.1. The van der Waals surface area contributed by atoms with E-state index in [1.165, 1.54) is 0 Å². The highest BCUT2D eigenvalue weighted by molar-refractivity contribution is 5.74. The summed E-state index contributed by atoms with van der Waals surface area (Å²) in [6.07, 6.45) is 3.48. The fourth-order valence-electron chi connectivity index (χ4n) is 2.28. The molecule has 1 aliphatic heterocycles. The Kier molecular flexibility index (Phi) is 5.10. The van der Waals surface area contributed by atoms with Crippen molar-refractivity contribution in [3.8, 4) is 0 Å². The minimum absolute atomic E-state index is 0.0334. The molecule has 1 fully saturated rings. The molecular weight excluding hydrogens is 272 g/mol. The van der Waals surface area contributed by atoms with Gasteiger partial charge in [-0.05, 0) is 24.1 Å². The molecule has 0 spiro atoms. The zero-order chi connectivity index (χ0) is 15.2. The monoisotopic (exact) mass is 292 g/mol. The fourth-order valence-corrected chi connectivity index (χ4v) is 2.28. The Balaban J connectivity index is 1.77. The van der Waals surface area contributed by atoms with Crippen LogP contribution in [0.25, 0.3) is 0 Å². The molecule has 2 N–H and O–H groups in total. The second kappa shape index (κ2) is 7.03. The molecule has 0 unspecified atom stereocenters. The van der Waals surface area contributed by atoms with Crippen molar-refractivity contribution in [1.29, 1.82) is 0 Å². The molecule has 7 nitrogen and oxygen atoms in total. The third kappa shape index (κ3) is 4.42. The molecule has 1 saturated heterocycles. The summed E-state index contributed by atoms with van der Waals surface area (Å²) in [4.78, 5) is 30.3. The molecule has 21 heavy (non-hydrogen) atoms. The Hall–Kier alpha value is -2.15. The lowest BCUT2D eigenvalue weighted by atomic mass is 10.1. The average molecular weight is 292 g/mol. The molecule has 0 radical (unpaired) electrons. The number of rotatable bonds is 4. The van der Waals surface area contributed by atoms with Crippen LogP contribution in [0, 0.1) is 6.92 Å². The molecule has 2 heterocycles. The number of aryl methyl sites for hydroxylation is 1. The van der Waals surface area contributed by atoms with E-state index in [2.05, 4.69) is 10.3 Å². The molecular formula is C14H20N4O3. The van der Waals surface area contributed by atoms with E-state index < -0.39 is 5.97 Å². The largest absolute Gasteiger partial charge is 0.480 e. The third-order valence-corrected chi connectivity index (χ3v) is 3.58. The Morgan fingerprint density at radius 2 is 2.05 bits per heavy atom. The molecule has 114 valence electrons. The predicted octanol–water partition coefficient (Wildman–Crippen LogP) is 0.302. The van der Waals surface area contributed by atoms with Crippen LogP contribution in [-0.4, -0.2) is 64.6 Å². The first-order valence-corrected chi connectivity index (χ1v) is 6.92. The summed E-state index contributed by atoms with van der Waals surface area (Å²) in [6, 6.07) is 1.78. The minimum Gasteiger partial charge on any atom is -0.480 e. The molecule has 7 heteroatoms. The average Bonchev–Trinajstić information content (AvgIpc) is 2.46. The lowest BCUT2D eigenvalue weighted by Crippen LogP contribution is -2.52. The third-order valence-electron chi connectivity index (χ3n) is 3.58. The first-order chi connectivity index (χ1) is 10.1. The first-order valence-electron chi connectivity index (χ1n) is 6.92. The van der Waals surface area contributed by atoms with E-state index in [1.54, 1.807) is 17.3 Å². The quantitative estimate of drug-likeness (QED) is 0.834. The standard InChI is InChI=1S/C14H20N4O3/c1-11-8-15-3-2-12(11)9-16-14(21)18-6-4-17(5-7-18)10-13(19)20/h2-3,8H,4-7,9-10H2,1H3,(H,16,21)(H,19,20). The van der Waals surface area contributed by atoms with Crippen LogP contribution in [0.3, 0.4) is 0 Å². The van der Waals surface area contributed by atoms with Crippen LogP contribution in [0.4, 0.5) is 4.79 Å². The van der Waals surface area contributed by atoms with E-state index in [4.69, 9.17) is 5.11 Å².